The molecule has 0 saturated carbocycles. The number of aromatic hydroxyl groups is 1. The number of fused-ring (bicyclic) bond motifs is 2. The summed E-state index contributed by atoms with van der Waals surface area (Å²) >= 11 is 0. The first kappa shape index (κ1) is 11.7. The molecule has 2 aromatic heterocycles. The molecule has 2 N–H and O–H groups in total. The molecule has 5 heteroatoms. The molecule has 0 aliphatic rings. The van der Waals surface area contributed by atoms with Gasteiger partial charge in [0.1, 0.15) is 5.58 Å². The van der Waals surface area contributed by atoms with E-state index < -0.39 is 11.2 Å². The van der Waals surface area contributed by atoms with Crippen molar-refractivity contribution in [1.29, 1.82) is 0 Å². The molecular formula is C16H10N2O3. The van der Waals surface area contributed by atoms with Crippen LogP contribution in [0.1, 0.15) is 0 Å². The quantitative estimate of drug-likeness (QED) is 0.561. The van der Waals surface area contributed by atoms with Crippen molar-refractivity contribution in [2.24, 2.45) is 0 Å². The predicted molar refractivity (Wildman–Crippen MR) is 79.2 cm³/mol. The maximum absolute atomic E-state index is 12.2. The number of para-hydroxylation sites is 3. The minimum atomic E-state index is -0.465. The Balaban J connectivity index is 2.05. The summed E-state index contributed by atoms with van der Waals surface area (Å²) in [5, 5.41) is 10.5. The molecule has 2 heterocycles. The molecule has 0 atom stereocenters. The van der Waals surface area contributed by atoms with Gasteiger partial charge in [-0.2, -0.15) is 0 Å². The Morgan fingerprint density at radius 2 is 1.81 bits per heavy atom. The summed E-state index contributed by atoms with van der Waals surface area (Å²) < 4.78 is 5.65. The Labute approximate surface area is 118 Å². The lowest BCUT2D eigenvalue weighted by Crippen LogP contribution is -2.02. The lowest BCUT2D eigenvalue weighted by Gasteiger charge is -2.02. The van der Waals surface area contributed by atoms with Crippen molar-refractivity contribution in [2.45, 2.75) is 0 Å². The summed E-state index contributed by atoms with van der Waals surface area (Å²) in [5.74, 6) is -0.0563. The molecule has 4 aromatic rings. The number of aromatic amines is 1. The van der Waals surface area contributed by atoms with E-state index in [0.717, 1.165) is 11.0 Å². The van der Waals surface area contributed by atoms with Crippen LogP contribution in [0.15, 0.2) is 57.7 Å². The zero-order valence-corrected chi connectivity index (χ0v) is 10.8. The number of nitrogens with zero attached hydrogens (tertiary/aromatic N) is 1. The molecule has 0 unspecified atom stereocenters. The Morgan fingerprint density at radius 3 is 2.67 bits per heavy atom. The standard InChI is InChI=1S/C16H10N2O3/c19-13-9-5-1-4-8-12(9)21-15(14(13)20)16-17-10-6-2-3-7-11(10)18-16/h1-8,20H,(H,17,18). The van der Waals surface area contributed by atoms with Crippen molar-refractivity contribution >= 4 is 22.0 Å². The lowest BCUT2D eigenvalue weighted by molar-refractivity contribution is 0.448. The van der Waals surface area contributed by atoms with Crippen LogP contribution in [0, 0.1) is 0 Å². The molecule has 21 heavy (non-hydrogen) atoms. The Kier molecular flexibility index (Phi) is 2.35. The van der Waals surface area contributed by atoms with Gasteiger partial charge in [-0.15, -0.1) is 0 Å². The van der Waals surface area contributed by atoms with Gasteiger partial charge in [0.05, 0.1) is 16.4 Å². The van der Waals surface area contributed by atoms with Crippen molar-refractivity contribution in [2.75, 3.05) is 0 Å². The minimum Gasteiger partial charge on any atom is -0.501 e. The maximum Gasteiger partial charge on any atom is 0.235 e. The van der Waals surface area contributed by atoms with Gasteiger partial charge in [-0.25, -0.2) is 4.98 Å². The molecule has 0 bridgehead atoms. The molecule has 0 aliphatic heterocycles. The number of benzene rings is 2. The van der Waals surface area contributed by atoms with Crippen LogP contribution in [-0.4, -0.2) is 15.1 Å². The summed E-state index contributed by atoms with van der Waals surface area (Å²) in [4.78, 5) is 19.6. The molecule has 5 nitrogen and oxygen atoms in total. The normalized spacial score (nSPS) is 11.2. The molecule has 0 radical (unpaired) electrons. The van der Waals surface area contributed by atoms with Crippen molar-refractivity contribution in [3.05, 3.63) is 58.8 Å². The number of hydrogen-bond acceptors (Lipinski definition) is 4. The molecule has 0 amide bonds. The van der Waals surface area contributed by atoms with E-state index in [1.807, 2.05) is 24.3 Å². The predicted octanol–water partition coefficient (Wildman–Crippen LogP) is 3.04. The van der Waals surface area contributed by atoms with Crippen LogP contribution in [-0.2, 0) is 0 Å². The Morgan fingerprint density at radius 1 is 1.05 bits per heavy atom. The first-order chi connectivity index (χ1) is 10.2. The third kappa shape index (κ3) is 1.71. The number of nitrogens with one attached hydrogen (secondary N) is 1. The van der Waals surface area contributed by atoms with Crippen LogP contribution in [0.4, 0.5) is 0 Å². The maximum atomic E-state index is 12.2. The largest absolute Gasteiger partial charge is 0.501 e. The van der Waals surface area contributed by atoms with Gasteiger partial charge in [-0.3, -0.25) is 4.79 Å². The summed E-state index contributed by atoms with van der Waals surface area (Å²) in [6, 6.07) is 14.2. The third-order valence-electron chi connectivity index (χ3n) is 3.38. The Hall–Kier alpha value is -3.08. The number of aromatic nitrogens is 2. The summed E-state index contributed by atoms with van der Waals surface area (Å²) in [6.45, 7) is 0. The number of rotatable bonds is 1. The Bertz CT molecular complexity index is 997. The fourth-order valence-corrected chi connectivity index (χ4v) is 2.35. The molecule has 2 aromatic carbocycles. The number of H-pyrrole nitrogens is 1. The van der Waals surface area contributed by atoms with Crippen LogP contribution >= 0.6 is 0 Å². The van der Waals surface area contributed by atoms with Gasteiger partial charge in [0.25, 0.3) is 0 Å². The van der Waals surface area contributed by atoms with Crippen molar-refractivity contribution in [3.63, 3.8) is 0 Å². The van der Waals surface area contributed by atoms with Gasteiger partial charge in [0.2, 0.25) is 16.9 Å². The van der Waals surface area contributed by atoms with E-state index in [2.05, 4.69) is 9.97 Å². The van der Waals surface area contributed by atoms with E-state index in [1.165, 1.54) is 0 Å². The van der Waals surface area contributed by atoms with E-state index in [-0.39, 0.29) is 5.76 Å². The third-order valence-corrected chi connectivity index (χ3v) is 3.38. The highest BCUT2D eigenvalue weighted by Crippen LogP contribution is 2.29. The fourth-order valence-electron chi connectivity index (χ4n) is 2.35. The van der Waals surface area contributed by atoms with Crippen molar-refractivity contribution in [1.82, 2.24) is 9.97 Å². The van der Waals surface area contributed by atoms with Crippen LogP contribution in [0.5, 0.6) is 5.75 Å². The lowest BCUT2D eigenvalue weighted by atomic mass is 10.2. The van der Waals surface area contributed by atoms with Crippen LogP contribution in [0.25, 0.3) is 33.6 Å². The van der Waals surface area contributed by atoms with E-state index in [1.54, 1.807) is 24.3 Å². The molecule has 0 aliphatic carbocycles. The van der Waals surface area contributed by atoms with Gasteiger partial charge in [-0.05, 0) is 24.3 Å². The van der Waals surface area contributed by atoms with Crippen molar-refractivity contribution in [3.8, 4) is 17.3 Å². The van der Waals surface area contributed by atoms with E-state index in [0.29, 0.717) is 16.8 Å². The smallest absolute Gasteiger partial charge is 0.235 e. The summed E-state index contributed by atoms with van der Waals surface area (Å²) in [7, 11) is 0. The van der Waals surface area contributed by atoms with Gasteiger partial charge in [0, 0.05) is 0 Å². The highest BCUT2D eigenvalue weighted by Gasteiger charge is 2.17. The average molecular weight is 278 g/mol. The van der Waals surface area contributed by atoms with Crippen molar-refractivity contribution < 1.29 is 9.52 Å². The molecule has 0 saturated heterocycles. The highest BCUT2D eigenvalue weighted by atomic mass is 16.4. The molecule has 102 valence electrons. The second-order valence-corrected chi connectivity index (χ2v) is 4.71. The summed E-state index contributed by atoms with van der Waals surface area (Å²) in [5.41, 5.74) is 1.49. The highest BCUT2D eigenvalue weighted by molar-refractivity contribution is 5.83. The van der Waals surface area contributed by atoms with E-state index in [4.69, 9.17) is 4.42 Å². The number of imidazole rings is 1. The molecule has 0 spiro atoms. The fraction of sp³-hybridized carbons (Fsp3) is 0. The van der Waals surface area contributed by atoms with Gasteiger partial charge >= 0.3 is 0 Å². The molecule has 0 fully saturated rings. The molecular weight excluding hydrogens is 268 g/mol. The van der Waals surface area contributed by atoms with E-state index in [9.17, 15) is 9.90 Å². The van der Waals surface area contributed by atoms with Gasteiger partial charge < -0.3 is 14.5 Å². The topological polar surface area (TPSA) is 79.1 Å². The zero-order valence-electron chi connectivity index (χ0n) is 10.8. The second kappa shape index (κ2) is 4.21. The van der Waals surface area contributed by atoms with E-state index >= 15 is 0 Å². The van der Waals surface area contributed by atoms with Crippen LogP contribution in [0.3, 0.4) is 0 Å². The van der Waals surface area contributed by atoms with Crippen LogP contribution < -0.4 is 5.43 Å². The first-order valence-corrected chi connectivity index (χ1v) is 6.44. The zero-order chi connectivity index (χ0) is 14.4. The van der Waals surface area contributed by atoms with Gasteiger partial charge in [-0.1, -0.05) is 24.3 Å². The van der Waals surface area contributed by atoms with Crippen LogP contribution in [0.2, 0.25) is 0 Å². The second-order valence-electron chi connectivity index (χ2n) is 4.71. The average Bonchev–Trinajstić information content (AvgIpc) is 2.94. The molecule has 4 rings (SSSR count). The SMILES string of the molecule is O=c1c(O)c(-c2nc3ccccc3[nH]2)oc2ccccc12. The summed E-state index contributed by atoms with van der Waals surface area (Å²) in [6.07, 6.45) is 0. The van der Waals surface area contributed by atoms with Gasteiger partial charge in [0.15, 0.2) is 5.82 Å². The first-order valence-electron chi connectivity index (χ1n) is 6.44. The minimum absolute atomic E-state index is 0.0508. The monoisotopic (exact) mass is 278 g/mol. The number of hydrogen-bond donors (Lipinski definition) is 2.